The third-order valence-corrected chi connectivity index (χ3v) is 7.17. The summed E-state index contributed by atoms with van der Waals surface area (Å²) in [5.74, 6) is 0.894. The van der Waals surface area contributed by atoms with Crippen molar-refractivity contribution < 1.29 is 9.90 Å². The van der Waals surface area contributed by atoms with E-state index in [-0.39, 0.29) is 11.7 Å². The molecule has 3 aromatic rings. The van der Waals surface area contributed by atoms with Gasteiger partial charge in [-0.05, 0) is 43.9 Å². The SMILES string of the molecule is O=C(O)c1cc2cnc(Nc3ccc(N4CC5CCC(C4)N5)nn3)nc2n1C1CCCCC1. The Kier molecular flexibility index (Phi) is 5.09. The van der Waals surface area contributed by atoms with Gasteiger partial charge >= 0.3 is 5.97 Å². The fourth-order valence-corrected chi connectivity index (χ4v) is 5.60. The molecule has 0 spiro atoms. The maximum atomic E-state index is 11.9. The standard InChI is InChI=1S/C23H28N8O2/c32-22(33)18-10-14-11-24-23(27-21(14)31(18)17-4-2-1-3-5-17)26-19-8-9-20(29-28-19)30-12-15-6-7-16(13-30)25-15/h8-11,15-17,25H,1-7,12-13H2,(H,32,33)(H,24,26,27,28). The summed E-state index contributed by atoms with van der Waals surface area (Å²) in [6.07, 6.45) is 9.47. The highest BCUT2D eigenvalue weighted by molar-refractivity contribution is 5.93. The molecule has 3 aliphatic rings. The number of aromatic carboxylic acids is 1. The summed E-state index contributed by atoms with van der Waals surface area (Å²) in [5.41, 5.74) is 0.926. The minimum absolute atomic E-state index is 0.151. The highest BCUT2D eigenvalue weighted by Gasteiger charge is 2.32. The fourth-order valence-electron chi connectivity index (χ4n) is 5.60. The summed E-state index contributed by atoms with van der Waals surface area (Å²) >= 11 is 0. The smallest absolute Gasteiger partial charge is 0.352 e. The fraction of sp³-hybridized carbons (Fsp3) is 0.522. The molecule has 6 rings (SSSR count). The number of piperazine rings is 1. The third kappa shape index (κ3) is 3.88. The highest BCUT2D eigenvalue weighted by atomic mass is 16.4. The molecule has 3 N–H and O–H groups in total. The van der Waals surface area contributed by atoms with Gasteiger partial charge in [0.15, 0.2) is 11.6 Å². The van der Waals surface area contributed by atoms with Crippen LogP contribution in [0.15, 0.2) is 24.4 Å². The summed E-state index contributed by atoms with van der Waals surface area (Å²) in [4.78, 5) is 23.3. The molecule has 5 heterocycles. The van der Waals surface area contributed by atoms with Crippen LogP contribution >= 0.6 is 0 Å². The Morgan fingerprint density at radius 2 is 1.85 bits per heavy atom. The molecule has 3 aromatic heterocycles. The molecule has 2 atom stereocenters. The molecule has 3 fully saturated rings. The monoisotopic (exact) mass is 448 g/mol. The number of nitrogens with one attached hydrogen (secondary N) is 2. The van der Waals surface area contributed by atoms with Crippen LogP contribution in [-0.2, 0) is 0 Å². The lowest BCUT2D eigenvalue weighted by molar-refractivity contribution is 0.0681. The van der Waals surface area contributed by atoms with Gasteiger partial charge in [0.05, 0.1) is 0 Å². The second kappa shape index (κ2) is 8.26. The Morgan fingerprint density at radius 1 is 1.06 bits per heavy atom. The van der Waals surface area contributed by atoms with Gasteiger partial charge in [0.25, 0.3) is 0 Å². The van der Waals surface area contributed by atoms with Crippen LogP contribution in [-0.4, -0.2) is 61.0 Å². The van der Waals surface area contributed by atoms with Crippen molar-refractivity contribution >= 4 is 34.6 Å². The summed E-state index contributed by atoms with van der Waals surface area (Å²) in [5, 5.41) is 26.0. The van der Waals surface area contributed by atoms with E-state index in [0.29, 0.717) is 29.5 Å². The molecule has 10 heteroatoms. The van der Waals surface area contributed by atoms with Crippen LogP contribution in [0.5, 0.6) is 0 Å². The maximum Gasteiger partial charge on any atom is 0.352 e. The van der Waals surface area contributed by atoms with Crippen molar-refractivity contribution in [3.05, 3.63) is 30.1 Å². The molecule has 2 bridgehead atoms. The van der Waals surface area contributed by atoms with Crippen LogP contribution in [0.25, 0.3) is 11.0 Å². The lowest BCUT2D eigenvalue weighted by atomic mass is 9.95. The Balaban J connectivity index is 1.25. The van der Waals surface area contributed by atoms with E-state index in [4.69, 9.17) is 0 Å². The second-order valence-corrected chi connectivity index (χ2v) is 9.41. The van der Waals surface area contributed by atoms with E-state index in [1.54, 1.807) is 12.3 Å². The number of carboxylic acid groups (broad SMARTS) is 1. The van der Waals surface area contributed by atoms with Gasteiger partial charge in [-0.3, -0.25) is 0 Å². The van der Waals surface area contributed by atoms with Crippen LogP contribution in [0.2, 0.25) is 0 Å². The molecular formula is C23H28N8O2. The molecule has 2 saturated heterocycles. The van der Waals surface area contributed by atoms with E-state index in [2.05, 4.69) is 35.7 Å². The van der Waals surface area contributed by atoms with Crippen LogP contribution in [0.4, 0.5) is 17.6 Å². The quantitative estimate of drug-likeness (QED) is 0.540. The number of aromatic nitrogens is 5. The number of hydrogen-bond donors (Lipinski definition) is 3. The molecule has 0 amide bonds. The predicted octanol–water partition coefficient (Wildman–Crippen LogP) is 3.11. The van der Waals surface area contributed by atoms with Gasteiger partial charge in [0.2, 0.25) is 5.95 Å². The Labute approximate surface area is 191 Å². The second-order valence-electron chi connectivity index (χ2n) is 9.41. The summed E-state index contributed by atoms with van der Waals surface area (Å²) in [6.45, 7) is 1.92. The summed E-state index contributed by atoms with van der Waals surface area (Å²) in [6, 6.07) is 6.78. The number of nitrogens with zero attached hydrogens (tertiary/aromatic N) is 6. The summed E-state index contributed by atoms with van der Waals surface area (Å²) in [7, 11) is 0. The Bertz CT molecular complexity index is 1160. The number of rotatable bonds is 5. The van der Waals surface area contributed by atoms with Crippen molar-refractivity contribution in [2.24, 2.45) is 0 Å². The zero-order chi connectivity index (χ0) is 22.4. The van der Waals surface area contributed by atoms with Crippen molar-refractivity contribution in [3.63, 3.8) is 0 Å². The molecule has 172 valence electrons. The number of hydrogen-bond acceptors (Lipinski definition) is 8. The van der Waals surface area contributed by atoms with Gasteiger partial charge in [-0.2, -0.15) is 4.98 Å². The molecule has 0 aromatic carbocycles. The first-order valence-electron chi connectivity index (χ1n) is 11.9. The van der Waals surface area contributed by atoms with Crippen molar-refractivity contribution in [1.29, 1.82) is 0 Å². The van der Waals surface area contributed by atoms with Crippen molar-refractivity contribution in [3.8, 4) is 0 Å². The molecule has 33 heavy (non-hydrogen) atoms. The number of carbonyl (C=O) groups is 1. The van der Waals surface area contributed by atoms with Crippen molar-refractivity contribution in [2.45, 2.75) is 63.1 Å². The van der Waals surface area contributed by atoms with E-state index < -0.39 is 5.97 Å². The minimum Gasteiger partial charge on any atom is -0.477 e. The van der Waals surface area contributed by atoms with Crippen LogP contribution in [0, 0.1) is 0 Å². The lowest BCUT2D eigenvalue weighted by Crippen LogP contribution is -2.51. The van der Waals surface area contributed by atoms with Crippen molar-refractivity contribution in [1.82, 2.24) is 30.0 Å². The molecule has 1 aliphatic carbocycles. The highest BCUT2D eigenvalue weighted by Crippen LogP contribution is 2.33. The first-order chi connectivity index (χ1) is 16.1. The topological polar surface area (TPSA) is 121 Å². The molecule has 2 unspecified atom stereocenters. The summed E-state index contributed by atoms with van der Waals surface area (Å²) < 4.78 is 1.89. The lowest BCUT2D eigenvalue weighted by Gasteiger charge is -2.33. The molecule has 2 aliphatic heterocycles. The molecule has 1 saturated carbocycles. The zero-order valence-corrected chi connectivity index (χ0v) is 18.4. The molecule has 10 nitrogen and oxygen atoms in total. The van der Waals surface area contributed by atoms with E-state index >= 15 is 0 Å². The van der Waals surface area contributed by atoms with Gasteiger partial charge in [-0.1, -0.05) is 19.3 Å². The van der Waals surface area contributed by atoms with E-state index in [1.807, 2.05) is 16.7 Å². The number of anilines is 3. The Morgan fingerprint density at radius 3 is 2.55 bits per heavy atom. The van der Waals surface area contributed by atoms with Gasteiger partial charge in [0, 0.05) is 42.8 Å². The van der Waals surface area contributed by atoms with Crippen LogP contribution in [0.3, 0.4) is 0 Å². The van der Waals surface area contributed by atoms with Gasteiger partial charge in [-0.25, -0.2) is 9.78 Å². The van der Waals surface area contributed by atoms with E-state index in [0.717, 1.165) is 50.0 Å². The van der Waals surface area contributed by atoms with Gasteiger partial charge < -0.3 is 25.2 Å². The zero-order valence-electron chi connectivity index (χ0n) is 18.4. The van der Waals surface area contributed by atoms with Gasteiger partial charge in [-0.15, -0.1) is 10.2 Å². The normalized spacial score (nSPS) is 23.2. The number of carboxylic acids is 1. The predicted molar refractivity (Wildman–Crippen MR) is 124 cm³/mol. The number of fused-ring (bicyclic) bond motifs is 3. The minimum atomic E-state index is -0.934. The first-order valence-corrected chi connectivity index (χ1v) is 11.9. The average molecular weight is 449 g/mol. The van der Waals surface area contributed by atoms with Gasteiger partial charge in [0.1, 0.15) is 11.3 Å². The van der Waals surface area contributed by atoms with Crippen LogP contribution in [0.1, 0.15) is 61.5 Å². The molecular weight excluding hydrogens is 420 g/mol. The van der Waals surface area contributed by atoms with Crippen LogP contribution < -0.4 is 15.5 Å². The van der Waals surface area contributed by atoms with Crippen molar-refractivity contribution in [2.75, 3.05) is 23.3 Å². The third-order valence-electron chi connectivity index (χ3n) is 7.17. The van der Waals surface area contributed by atoms with E-state index in [9.17, 15) is 9.90 Å². The largest absolute Gasteiger partial charge is 0.477 e. The average Bonchev–Trinajstić information content (AvgIpc) is 3.39. The Hall–Kier alpha value is -3.27. The molecule has 0 radical (unpaired) electrons. The first kappa shape index (κ1) is 20.3. The van der Waals surface area contributed by atoms with E-state index in [1.165, 1.54) is 19.3 Å². The maximum absolute atomic E-state index is 11.9.